The molecule has 1 saturated carbocycles. The van der Waals surface area contributed by atoms with Gasteiger partial charge in [0.25, 0.3) is 0 Å². The predicted molar refractivity (Wildman–Crippen MR) is 119 cm³/mol. The number of hydrogen-bond donors (Lipinski definition) is 4. The summed E-state index contributed by atoms with van der Waals surface area (Å²) in [5, 5.41) is 34.8. The molecule has 0 aromatic rings. The molecule has 0 aliphatic heterocycles. The molecule has 1 aliphatic carbocycles. The highest BCUT2D eigenvalue weighted by atomic mass is 16.7. The molecule has 1 aliphatic rings. The first-order chi connectivity index (χ1) is 14.1. The molecule has 0 amide bonds. The van der Waals surface area contributed by atoms with Crippen molar-refractivity contribution in [3.05, 3.63) is 24.3 Å². The predicted octanol–water partition coefficient (Wildman–Crippen LogP) is 2.49. The molecule has 8 heteroatoms. The van der Waals surface area contributed by atoms with Gasteiger partial charge in [-0.3, -0.25) is 0 Å². The van der Waals surface area contributed by atoms with Gasteiger partial charge in [-0.05, 0) is 39.0 Å². The number of rotatable bonds is 6. The van der Waals surface area contributed by atoms with Crippen LogP contribution in [-0.4, -0.2) is 64.1 Å². The van der Waals surface area contributed by atoms with Gasteiger partial charge in [-0.15, -0.1) is 0 Å². The van der Waals surface area contributed by atoms with Crippen molar-refractivity contribution in [2.45, 2.75) is 79.1 Å². The summed E-state index contributed by atoms with van der Waals surface area (Å²) in [6, 6.07) is 0. The average Bonchev–Trinajstić information content (AvgIpc) is 2.65. The van der Waals surface area contributed by atoms with Crippen molar-refractivity contribution < 1.29 is 39.5 Å². The molecule has 4 N–H and O–H groups in total. The summed E-state index contributed by atoms with van der Waals surface area (Å²) in [6.07, 6.45) is 2.83. The van der Waals surface area contributed by atoms with E-state index in [2.05, 4.69) is 38.7 Å². The van der Waals surface area contributed by atoms with Crippen LogP contribution in [0.4, 0.5) is 0 Å². The van der Waals surface area contributed by atoms with E-state index in [1.807, 2.05) is 0 Å². The number of hydrogen-bond acceptors (Lipinski definition) is 8. The van der Waals surface area contributed by atoms with Gasteiger partial charge in [0.2, 0.25) is 5.79 Å². The highest BCUT2D eigenvalue weighted by Gasteiger charge is 2.48. The summed E-state index contributed by atoms with van der Waals surface area (Å²) in [4.78, 5) is 22.1. The Bertz CT molecular complexity index is 577. The van der Waals surface area contributed by atoms with Crippen molar-refractivity contribution in [1.29, 1.82) is 0 Å². The topological polar surface area (TPSA) is 134 Å². The number of carbonyl (C=O) groups excluding carboxylic acids is 2. The summed E-state index contributed by atoms with van der Waals surface area (Å²) >= 11 is 0. The van der Waals surface area contributed by atoms with E-state index < -0.39 is 23.8 Å². The summed E-state index contributed by atoms with van der Waals surface area (Å²) in [5.74, 6) is -2.30. The molecular formula is C23H42O8. The van der Waals surface area contributed by atoms with Crippen molar-refractivity contribution in [3.63, 3.8) is 0 Å². The van der Waals surface area contributed by atoms with E-state index in [1.165, 1.54) is 6.92 Å². The highest BCUT2D eigenvalue weighted by molar-refractivity contribution is 5.87. The molecule has 0 bridgehead atoms. The lowest BCUT2D eigenvalue weighted by Gasteiger charge is -2.45. The van der Waals surface area contributed by atoms with Crippen molar-refractivity contribution in [3.8, 4) is 0 Å². The Kier molecular flexibility index (Phi) is 15.3. The first kappa shape index (κ1) is 31.4. The van der Waals surface area contributed by atoms with Crippen LogP contribution in [0.5, 0.6) is 0 Å². The van der Waals surface area contributed by atoms with Crippen molar-refractivity contribution in [2.24, 2.45) is 11.3 Å². The second-order valence-electron chi connectivity index (χ2n) is 8.85. The van der Waals surface area contributed by atoms with E-state index in [1.54, 1.807) is 13.8 Å². The van der Waals surface area contributed by atoms with Gasteiger partial charge < -0.3 is 29.9 Å². The fraction of sp³-hybridized carbons (Fsp3) is 0.739. The van der Waals surface area contributed by atoms with E-state index in [9.17, 15) is 14.7 Å². The molecular weight excluding hydrogens is 404 g/mol. The third-order valence-corrected chi connectivity index (χ3v) is 4.42. The largest absolute Gasteiger partial charge is 0.460 e. The molecule has 8 nitrogen and oxygen atoms in total. The van der Waals surface area contributed by atoms with Gasteiger partial charge in [0, 0.05) is 23.5 Å². The van der Waals surface area contributed by atoms with E-state index in [4.69, 9.17) is 20.1 Å². The molecule has 1 rings (SSSR count). The zero-order valence-electron chi connectivity index (χ0n) is 19.9. The van der Waals surface area contributed by atoms with Gasteiger partial charge in [0.05, 0.1) is 19.3 Å². The standard InChI is InChI=1S/C14H24O3.C6H10O3.C3H8O2/c1-10(2)12(15)17-14(16)9-7-6-8-11(14)13(3,4)5;1-5(2)6(8)9-4-3-7;1-3(5)2-4/h11,16H,1,6-9H2,2-5H3;7H,1,3-4H2,2H3;3-5H,2H2,1H3. The smallest absolute Gasteiger partial charge is 0.335 e. The van der Waals surface area contributed by atoms with E-state index >= 15 is 0 Å². The molecule has 3 atom stereocenters. The third-order valence-electron chi connectivity index (χ3n) is 4.42. The zero-order valence-corrected chi connectivity index (χ0v) is 19.9. The lowest BCUT2D eigenvalue weighted by Crippen LogP contribution is -2.50. The minimum absolute atomic E-state index is 0.0213. The van der Waals surface area contributed by atoms with E-state index in [0.29, 0.717) is 17.6 Å². The van der Waals surface area contributed by atoms with Crippen LogP contribution < -0.4 is 0 Å². The number of esters is 2. The number of carbonyl (C=O) groups is 2. The van der Waals surface area contributed by atoms with Crippen molar-refractivity contribution >= 4 is 11.9 Å². The molecule has 31 heavy (non-hydrogen) atoms. The molecule has 0 aromatic heterocycles. The molecule has 0 radical (unpaired) electrons. The Labute approximate surface area is 186 Å². The van der Waals surface area contributed by atoms with Crippen molar-refractivity contribution in [1.82, 2.24) is 0 Å². The minimum Gasteiger partial charge on any atom is -0.460 e. The SMILES string of the molecule is C=C(C)C(=O)OC1(O)CCCCC1C(C)(C)C.C=C(C)C(=O)OCCO.CC(O)CO. The van der Waals surface area contributed by atoms with Crippen LogP contribution in [0.25, 0.3) is 0 Å². The summed E-state index contributed by atoms with van der Waals surface area (Å²) < 4.78 is 9.76. The van der Waals surface area contributed by atoms with Crippen LogP contribution in [-0.2, 0) is 19.1 Å². The van der Waals surface area contributed by atoms with Gasteiger partial charge in [-0.25, -0.2) is 9.59 Å². The minimum atomic E-state index is -1.33. The average molecular weight is 447 g/mol. The molecule has 0 spiro atoms. The number of ether oxygens (including phenoxy) is 2. The summed E-state index contributed by atoms with van der Waals surface area (Å²) in [6.45, 7) is 17.6. The Morgan fingerprint density at radius 1 is 1.10 bits per heavy atom. The fourth-order valence-electron chi connectivity index (χ4n) is 2.87. The van der Waals surface area contributed by atoms with Crippen LogP contribution in [0.3, 0.4) is 0 Å². The van der Waals surface area contributed by atoms with Gasteiger partial charge in [0.15, 0.2) is 0 Å². The Balaban J connectivity index is 0. The Hall–Kier alpha value is -1.74. The highest BCUT2D eigenvalue weighted by Crippen LogP contribution is 2.45. The zero-order chi connectivity index (χ0) is 24.8. The van der Waals surface area contributed by atoms with Crippen molar-refractivity contribution in [2.75, 3.05) is 19.8 Å². The maximum atomic E-state index is 11.6. The molecule has 0 saturated heterocycles. The lowest BCUT2D eigenvalue weighted by molar-refractivity contribution is -0.255. The van der Waals surface area contributed by atoms with E-state index in [-0.39, 0.29) is 31.2 Å². The van der Waals surface area contributed by atoms with Gasteiger partial charge in [-0.1, -0.05) is 40.3 Å². The van der Waals surface area contributed by atoms with Crippen LogP contribution in [0, 0.1) is 11.3 Å². The number of aliphatic hydroxyl groups excluding tert-OH is 3. The molecule has 1 fully saturated rings. The molecule has 182 valence electrons. The van der Waals surface area contributed by atoms with Gasteiger partial charge in [0.1, 0.15) is 6.61 Å². The van der Waals surface area contributed by atoms with Gasteiger partial charge in [-0.2, -0.15) is 0 Å². The van der Waals surface area contributed by atoms with Crippen LogP contribution >= 0.6 is 0 Å². The summed E-state index contributed by atoms with van der Waals surface area (Å²) in [5.41, 5.74) is 0.602. The second kappa shape index (κ2) is 15.1. The Morgan fingerprint density at radius 2 is 1.58 bits per heavy atom. The van der Waals surface area contributed by atoms with Crippen LogP contribution in [0.1, 0.15) is 67.2 Å². The maximum absolute atomic E-state index is 11.6. The normalized spacial score (nSPS) is 21.3. The molecule has 0 heterocycles. The monoisotopic (exact) mass is 446 g/mol. The maximum Gasteiger partial charge on any atom is 0.335 e. The number of aliphatic hydroxyl groups is 4. The summed E-state index contributed by atoms with van der Waals surface area (Å²) in [7, 11) is 0. The van der Waals surface area contributed by atoms with Crippen LogP contribution in [0.15, 0.2) is 24.3 Å². The lowest BCUT2D eigenvalue weighted by atomic mass is 9.68. The Morgan fingerprint density at radius 3 is 1.94 bits per heavy atom. The van der Waals surface area contributed by atoms with E-state index in [0.717, 1.165) is 19.3 Å². The second-order valence-corrected chi connectivity index (χ2v) is 8.85. The quantitative estimate of drug-likeness (QED) is 0.278. The molecule has 0 aromatic carbocycles. The van der Waals surface area contributed by atoms with Crippen LogP contribution in [0.2, 0.25) is 0 Å². The van der Waals surface area contributed by atoms with Gasteiger partial charge >= 0.3 is 11.9 Å². The third kappa shape index (κ3) is 14.0. The fourth-order valence-corrected chi connectivity index (χ4v) is 2.87. The first-order valence-corrected chi connectivity index (χ1v) is 10.5. The first-order valence-electron chi connectivity index (χ1n) is 10.5. The molecule has 3 unspecified atom stereocenters.